The van der Waals surface area contributed by atoms with Gasteiger partial charge in [-0.05, 0) is 24.1 Å². The van der Waals surface area contributed by atoms with Crippen molar-refractivity contribution < 1.29 is 4.74 Å². The minimum absolute atomic E-state index is 0.781. The van der Waals surface area contributed by atoms with E-state index in [0.717, 1.165) is 24.1 Å². The Hall–Kier alpha value is -0.320. The summed E-state index contributed by atoms with van der Waals surface area (Å²) in [6.07, 6.45) is 0. The monoisotopic (exact) mass is 283 g/mol. The van der Waals surface area contributed by atoms with Crippen LogP contribution in [-0.4, -0.2) is 36.2 Å². The van der Waals surface area contributed by atoms with Gasteiger partial charge in [0.05, 0.1) is 7.11 Å². The van der Waals surface area contributed by atoms with Crippen LogP contribution in [0.3, 0.4) is 0 Å². The highest BCUT2D eigenvalue weighted by molar-refractivity contribution is 8.06. The zero-order chi connectivity index (χ0) is 12.8. The van der Waals surface area contributed by atoms with Gasteiger partial charge in [-0.2, -0.15) is 23.5 Å². The molecule has 18 heavy (non-hydrogen) atoms. The van der Waals surface area contributed by atoms with Gasteiger partial charge in [-0.15, -0.1) is 0 Å². The Labute approximate surface area is 118 Å². The first-order valence-corrected chi connectivity index (χ1v) is 8.53. The van der Waals surface area contributed by atoms with E-state index in [0.29, 0.717) is 0 Å². The molecule has 2 nitrogen and oxygen atoms in total. The third-order valence-electron chi connectivity index (χ3n) is 3.05. The molecule has 1 heterocycles. The second-order valence-corrected chi connectivity index (χ2v) is 7.06. The van der Waals surface area contributed by atoms with Crippen LogP contribution in [0.5, 0.6) is 5.75 Å². The molecular formula is C14H21NOS2. The fourth-order valence-corrected chi connectivity index (χ4v) is 4.73. The highest BCUT2D eigenvalue weighted by Crippen LogP contribution is 2.23. The number of methoxy groups -OCH3 is 1. The van der Waals surface area contributed by atoms with Gasteiger partial charge >= 0.3 is 0 Å². The summed E-state index contributed by atoms with van der Waals surface area (Å²) in [6, 6.07) is 6.40. The molecule has 1 saturated heterocycles. The second kappa shape index (κ2) is 7.31. The molecule has 2 rings (SSSR count). The molecule has 1 fully saturated rings. The fourth-order valence-electron chi connectivity index (χ4n) is 2.08. The van der Waals surface area contributed by atoms with Gasteiger partial charge in [-0.25, -0.2) is 0 Å². The number of thioether (sulfide) groups is 2. The predicted octanol–water partition coefficient (Wildman–Crippen LogP) is 2.94. The number of hydrogen-bond acceptors (Lipinski definition) is 4. The van der Waals surface area contributed by atoms with Crippen molar-refractivity contribution in [3.05, 3.63) is 29.3 Å². The fraction of sp³-hybridized carbons (Fsp3) is 0.571. The normalized spacial score (nSPS) is 19.8. The Balaban J connectivity index is 1.77. The van der Waals surface area contributed by atoms with Crippen molar-refractivity contribution >= 4 is 23.5 Å². The summed E-state index contributed by atoms with van der Waals surface area (Å²) >= 11 is 4.18. The molecule has 0 aromatic heterocycles. The third-order valence-corrected chi connectivity index (χ3v) is 5.89. The number of rotatable bonds is 5. The van der Waals surface area contributed by atoms with E-state index in [4.69, 9.17) is 4.74 Å². The van der Waals surface area contributed by atoms with Crippen molar-refractivity contribution in [1.82, 2.24) is 5.32 Å². The number of ether oxygens (including phenoxy) is 1. The molecule has 0 aliphatic carbocycles. The van der Waals surface area contributed by atoms with E-state index in [-0.39, 0.29) is 0 Å². The van der Waals surface area contributed by atoms with Crippen molar-refractivity contribution in [2.24, 2.45) is 0 Å². The molecule has 0 spiro atoms. The van der Waals surface area contributed by atoms with Gasteiger partial charge in [0.25, 0.3) is 0 Å². The average Bonchev–Trinajstić information content (AvgIpc) is 2.40. The Bertz CT molecular complexity index is 378. The SMILES string of the molecule is COc1ccc(CNCC2CSCCS2)cc1C. The van der Waals surface area contributed by atoms with Crippen LogP contribution >= 0.6 is 23.5 Å². The quantitative estimate of drug-likeness (QED) is 0.896. The van der Waals surface area contributed by atoms with Gasteiger partial charge in [0, 0.05) is 35.6 Å². The van der Waals surface area contributed by atoms with E-state index in [9.17, 15) is 0 Å². The molecular weight excluding hydrogens is 262 g/mol. The third kappa shape index (κ3) is 4.11. The molecule has 1 aliphatic rings. The van der Waals surface area contributed by atoms with Gasteiger partial charge in [-0.1, -0.05) is 12.1 Å². The molecule has 1 atom stereocenters. The molecule has 1 unspecified atom stereocenters. The molecule has 100 valence electrons. The van der Waals surface area contributed by atoms with Crippen LogP contribution in [0.2, 0.25) is 0 Å². The standard InChI is InChI=1S/C14H21NOS2/c1-11-7-12(3-4-14(11)16-2)8-15-9-13-10-17-5-6-18-13/h3-4,7,13,15H,5-6,8-10H2,1-2H3. The topological polar surface area (TPSA) is 21.3 Å². The number of aryl methyl sites for hydroxylation is 1. The van der Waals surface area contributed by atoms with E-state index in [2.05, 4.69) is 54.0 Å². The first-order chi connectivity index (χ1) is 8.79. The van der Waals surface area contributed by atoms with E-state index in [1.807, 2.05) is 0 Å². The Morgan fingerprint density at radius 1 is 1.39 bits per heavy atom. The van der Waals surface area contributed by atoms with Crippen molar-refractivity contribution in [1.29, 1.82) is 0 Å². The maximum absolute atomic E-state index is 5.27. The minimum Gasteiger partial charge on any atom is -0.496 e. The van der Waals surface area contributed by atoms with Crippen LogP contribution in [0.25, 0.3) is 0 Å². The molecule has 1 aliphatic heterocycles. The van der Waals surface area contributed by atoms with Crippen molar-refractivity contribution in [3.63, 3.8) is 0 Å². The van der Waals surface area contributed by atoms with E-state index >= 15 is 0 Å². The Kier molecular flexibility index (Phi) is 5.73. The Morgan fingerprint density at radius 3 is 2.94 bits per heavy atom. The Morgan fingerprint density at radius 2 is 2.28 bits per heavy atom. The highest BCUT2D eigenvalue weighted by atomic mass is 32.2. The molecule has 1 aromatic carbocycles. The summed E-state index contributed by atoms with van der Waals surface area (Å²) in [6.45, 7) is 4.16. The van der Waals surface area contributed by atoms with Crippen molar-refractivity contribution in [3.8, 4) is 5.75 Å². The summed E-state index contributed by atoms with van der Waals surface area (Å²) < 4.78 is 5.27. The van der Waals surface area contributed by atoms with Crippen molar-refractivity contribution in [2.45, 2.75) is 18.7 Å². The maximum atomic E-state index is 5.27. The summed E-state index contributed by atoms with van der Waals surface area (Å²) in [7, 11) is 1.72. The van der Waals surface area contributed by atoms with Crippen molar-refractivity contribution in [2.75, 3.05) is 30.9 Å². The molecule has 0 radical (unpaired) electrons. The van der Waals surface area contributed by atoms with E-state index < -0.39 is 0 Å². The van der Waals surface area contributed by atoms with Gasteiger partial charge in [0.1, 0.15) is 5.75 Å². The van der Waals surface area contributed by atoms with Crippen LogP contribution in [0.1, 0.15) is 11.1 Å². The van der Waals surface area contributed by atoms with Crippen LogP contribution in [0, 0.1) is 6.92 Å². The van der Waals surface area contributed by atoms with E-state index in [1.165, 1.54) is 28.4 Å². The smallest absolute Gasteiger partial charge is 0.121 e. The number of nitrogens with one attached hydrogen (secondary N) is 1. The van der Waals surface area contributed by atoms with Crippen LogP contribution in [-0.2, 0) is 6.54 Å². The average molecular weight is 283 g/mol. The van der Waals surface area contributed by atoms with Gasteiger partial charge < -0.3 is 10.1 Å². The lowest BCUT2D eigenvalue weighted by Gasteiger charge is -2.21. The van der Waals surface area contributed by atoms with Crippen LogP contribution in [0.15, 0.2) is 18.2 Å². The van der Waals surface area contributed by atoms with Crippen LogP contribution < -0.4 is 10.1 Å². The molecule has 1 aromatic rings. The summed E-state index contributed by atoms with van der Waals surface area (Å²) in [5.41, 5.74) is 2.54. The lowest BCUT2D eigenvalue weighted by molar-refractivity contribution is 0.411. The minimum atomic E-state index is 0.781. The molecule has 0 saturated carbocycles. The summed E-state index contributed by atoms with van der Waals surface area (Å²) in [5.74, 6) is 4.88. The number of benzene rings is 1. The zero-order valence-electron chi connectivity index (χ0n) is 11.1. The molecule has 1 N–H and O–H groups in total. The van der Waals surface area contributed by atoms with E-state index in [1.54, 1.807) is 7.11 Å². The zero-order valence-corrected chi connectivity index (χ0v) is 12.7. The summed E-state index contributed by atoms with van der Waals surface area (Å²) in [5, 5.41) is 4.34. The predicted molar refractivity (Wildman–Crippen MR) is 83.0 cm³/mol. The lowest BCUT2D eigenvalue weighted by atomic mass is 10.1. The van der Waals surface area contributed by atoms with Gasteiger partial charge in [0.15, 0.2) is 0 Å². The summed E-state index contributed by atoms with van der Waals surface area (Å²) in [4.78, 5) is 0. The number of hydrogen-bond donors (Lipinski definition) is 1. The lowest BCUT2D eigenvalue weighted by Crippen LogP contribution is -2.28. The molecule has 0 bridgehead atoms. The molecule has 0 amide bonds. The molecule has 4 heteroatoms. The first-order valence-electron chi connectivity index (χ1n) is 6.33. The van der Waals surface area contributed by atoms with Crippen LogP contribution in [0.4, 0.5) is 0 Å². The largest absolute Gasteiger partial charge is 0.496 e. The second-order valence-electron chi connectivity index (χ2n) is 4.50. The van der Waals surface area contributed by atoms with Gasteiger partial charge in [0.2, 0.25) is 0 Å². The first kappa shape index (κ1) is 14.1. The maximum Gasteiger partial charge on any atom is 0.121 e. The van der Waals surface area contributed by atoms with Gasteiger partial charge in [-0.3, -0.25) is 0 Å². The highest BCUT2D eigenvalue weighted by Gasteiger charge is 2.13.